The fraction of sp³-hybridized carbons (Fsp3) is 0.167. The lowest BCUT2D eigenvalue weighted by molar-refractivity contribution is -0.132. The number of aliphatic hydroxyl groups is 1. The Labute approximate surface area is 182 Å². The first-order valence-corrected chi connectivity index (χ1v) is 9.99. The zero-order chi connectivity index (χ0) is 22.5. The van der Waals surface area contributed by atoms with E-state index in [0.717, 1.165) is 5.56 Å². The van der Waals surface area contributed by atoms with Crippen LogP contribution in [-0.2, 0) is 16.8 Å². The lowest BCUT2D eigenvalue weighted by Crippen LogP contribution is -2.42. The molecule has 0 saturated heterocycles. The van der Waals surface area contributed by atoms with E-state index in [4.69, 9.17) is 14.6 Å². The SMILES string of the molecule is O=C(O)c1ccc(CCN2C(=O)C(O)(c3cc4c(cc3O)OCO4)c3ccccc32)cc1. The van der Waals surface area contributed by atoms with Crippen molar-refractivity contribution in [1.29, 1.82) is 0 Å². The maximum absolute atomic E-state index is 13.5. The number of phenols is 1. The third-order valence-corrected chi connectivity index (χ3v) is 5.84. The molecule has 0 fully saturated rings. The third kappa shape index (κ3) is 2.96. The molecule has 0 aromatic heterocycles. The summed E-state index contributed by atoms with van der Waals surface area (Å²) in [4.78, 5) is 26.0. The number of aromatic carboxylic acids is 1. The second-order valence-corrected chi connectivity index (χ2v) is 7.66. The number of nitrogens with zero attached hydrogens (tertiary/aromatic N) is 1. The highest BCUT2D eigenvalue weighted by Crippen LogP contribution is 2.49. The van der Waals surface area contributed by atoms with Gasteiger partial charge in [0.2, 0.25) is 12.4 Å². The van der Waals surface area contributed by atoms with Crippen LogP contribution in [0.1, 0.15) is 27.0 Å². The van der Waals surface area contributed by atoms with Crippen LogP contribution in [0.3, 0.4) is 0 Å². The highest BCUT2D eigenvalue weighted by Gasteiger charge is 2.52. The first-order valence-electron chi connectivity index (χ1n) is 9.99. The maximum atomic E-state index is 13.5. The molecular formula is C24H19NO7. The molecule has 0 bridgehead atoms. The summed E-state index contributed by atoms with van der Waals surface area (Å²) in [6, 6.07) is 16.1. The van der Waals surface area contributed by atoms with Crippen molar-refractivity contribution < 1.29 is 34.4 Å². The predicted molar refractivity (Wildman–Crippen MR) is 113 cm³/mol. The summed E-state index contributed by atoms with van der Waals surface area (Å²) in [5.41, 5.74) is -0.132. The van der Waals surface area contributed by atoms with E-state index in [1.54, 1.807) is 36.4 Å². The van der Waals surface area contributed by atoms with Crippen molar-refractivity contribution in [3.05, 3.63) is 82.9 Å². The summed E-state index contributed by atoms with van der Waals surface area (Å²) in [5, 5.41) is 31.3. The van der Waals surface area contributed by atoms with Gasteiger partial charge >= 0.3 is 5.97 Å². The Kier molecular flexibility index (Phi) is 4.53. The normalized spacial score (nSPS) is 18.7. The average Bonchev–Trinajstić information content (AvgIpc) is 3.33. The van der Waals surface area contributed by atoms with Crippen LogP contribution < -0.4 is 14.4 Å². The van der Waals surface area contributed by atoms with Gasteiger partial charge < -0.3 is 29.7 Å². The number of fused-ring (bicyclic) bond motifs is 2. The van der Waals surface area contributed by atoms with Crippen molar-refractivity contribution in [2.45, 2.75) is 12.0 Å². The lowest BCUT2D eigenvalue weighted by atomic mass is 9.86. The van der Waals surface area contributed by atoms with E-state index in [9.17, 15) is 19.8 Å². The molecule has 162 valence electrons. The molecule has 2 heterocycles. The number of hydrogen-bond acceptors (Lipinski definition) is 6. The molecule has 0 radical (unpaired) electrons. The highest BCUT2D eigenvalue weighted by atomic mass is 16.7. The highest BCUT2D eigenvalue weighted by molar-refractivity contribution is 6.09. The second-order valence-electron chi connectivity index (χ2n) is 7.66. The van der Waals surface area contributed by atoms with E-state index in [1.165, 1.54) is 29.2 Å². The van der Waals surface area contributed by atoms with Crippen LogP contribution in [0.5, 0.6) is 17.2 Å². The first-order chi connectivity index (χ1) is 15.4. The number of benzene rings is 3. The van der Waals surface area contributed by atoms with Gasteiger partial charge in [0, 0.05) is 23.7 Å². The van der Waals surface area contributed by atoms with Crippen molar-refractivity contribution >= 4 is 17.6 Å². The molecule has 8 nitrogen and oxygen atoms in total. The number of rotatable bonds is 5. The van der Waals surface area contributed by atoms with Gasteiger partial charge in [0.1, 0.15) is 5.75 Å². The molecule has 1 amide bonds. The van der Waals surface area contributed by atoms with Gasteiger partial charge in [0.25, 0.3) is 5.91 Å². The summed E-state index contributed by atoms with van der Waals surface area (Å²) in [6.07, 6.45) is 0.448. The quantitative estimate of drug-likeness (QED) is 0.566. The van der Waals surface area contributed by atoms with Crippen LogP contribution in [0.4, 0.5) is 5.69 Å². The van der Waals surface area contributed by atoms with Gasteiger partial charge in [0.15, 0.2) is 11.5 Å². The Morgan fingerprint density at radius 1 is 1.00 bits per heavy atom. The molecule has 2 aliphatic heterocycles. The number of ether oxygens (including phenoxy) is 2. The monoisotopic (exact) mass is 433 g/mol. The van der Waals surface area contributed by atoms with Gasteiger partial charge in [-0.25, -0.2) is 4.79 Å². The maximum Gasteiger partial charge on any atom is 0.335 e. The Bertz CT molecular complexity index is 1240. The standard InChI is InChI=1S/C24H19NO7/c26-19-12-21-20(31-13-32-21)11-17(19)24(30)16-3-1-2-4-18(16)25(23(24)29)10-9-14-5-7-15(8-6-14)22(27)28/h1-8,11-12,26,30H,9-10,13H2,(H,27,28). The molecule has 5 rings (SSSR count). The van der Waals surface area contributed by atoms with Gasteiger partial charge in [-0.3, -0.25) is 4.79 Å². The van der Waals surface area contributed by atoms with E-state index in [1.807, 2.05) is 0 Å². The number of aromatic hydroxyl groups is 1. The van der Waals surface area contributed by atoms with E-state index in [-0.39, 0.29) is 30.2 Å². The lowest BCUT2D eigenvalue weighted by Gasteiger charge is -2.24. The predicted octanol–water partition coefficient (Wildman–Crippen LogP) is 2.64. The smallest absolute Gasteiger partial charge is 0.335 e. The van der Waals surface area contributed by atoms with E-state index in [2.05, 4.69) is 0 Å². The minimum Gasteiger partial charge on any atom is -0.507 e. The summed E-state index contributed by atoms with van der Waals surface area (Å²) in [7, 11) is 0. The van der Waals surface area contributed by atoms with Gasteiger partial charge in [0.05, 0.1) is 11.3 Å². The Morgan fingerprint density at radius 2 is 1.69 bits per heavy atom. The summed E-state index contributed by atoms with van der Waals surface area (Å²) >= 11 is 0. The third-order valence-electron chi connectivity index (χ3n) is 5.84. The Hall–Kier alpha value is -4.04. The fourth-order valence-electron chi connectivity index (χ4n) is 4.19. The van der Waals surface area contributed by atoms with Crippen LogP contribution in [0.15, 0.2) is 60.7 Å². The van der Waals surface area contributed by atoms with Gasteiger partial charge in [-0.15, -0.1) is 0 Å². The molecule has 32 heavy (non-hydrogen) atoms. The molecule has 1 unspecified atom stereocenters. The van der Waals surface area contributed by atoms with Crippen LogP contribution in [-0.4, -0.2) is 40.5 Å². The van der Waals surface area contributed by atoms with Crippen molar-refractivity contribution in [1.82, 2.24) is 0 Å². The summed E-state index contributed by atoms with van der Waals surface area (Å²) in [6.45, 7) is 0.254. The Balaban J connectivity index is 1.49. The molecule has 8 heteroatoms. The number of amides is 1. The molecule has 3 N–H and O–H groups in total. The van der Waals surface area contributed by atoms with E-state index in [0.29, 0.717) is 29.2 Å². The van der Waals surface area contributed by atoms with Crippen molar-refractivity contribution in [2.75, 3.05) is 18.2 Å². The molecular weight excluding hydrogens is 414 g/mol. The van der Waals surface area contributed by atoms with Crippen molar-refractivity contribution in [3.8, 4) is 17.2 Å². The zero-order valence-electron chi connectivity index (χ0n) is 16.8. The minimum atomic E-state index is -2.09. The minimum absolute atomic E-state index is 0.00597. The average molecular weight is 433 g/mol. The molecule has 3 aromatic rings. The molecule has 1 atom stereocenters. The number of para-hydroxylation sites is 1. The molecule has 3 aromatic carbocycles. The van der Waals surface area contributed by atoms with Gasteiger partial charge in [-0.05, 0) is 36.2 Å². The summed E-state index contributed by atoms with van der Waals surface area (Å²) in [5.74, 6) is -1.18. The number of carbonyl (C=O) groups excluding carboxylic acids is 1. The van der Waals surface area contributed by atoms with E-state index < -0.39 is 17.5 Å². The number of anilines is 1. The largest absolute Gasteiger partial charge is 0.507 e. The van der Waals surface area contributed by atoms with Crippen LogP contribution in [0.2, 0.25) is 0 Å². The summed E-state index contributed by atoms with van der Waals surface area (Å²) < 4.78 is 10.6. The van der Waals surface area contributed by atoms with Crippen molar-refractivity contribution in [2.24, 2.45) is 0 Å². The number of carboxylic acids is 1. The van der Waals surface area contributed by atoms with Crippen molar-refractivity contribution in [3.63, 3.8) is 0 Å². The number of carbonyl (C=O) groups is 2. The molecule has 2 aliphatic rings. The number of hydrogen-bond donors (Lipinski definition) is 3. The second kappa shape index (κ2) is 7.28. The topological polar surface area (TPSA) is 117 Å². The van der Waals surface area contributed by atoms with Gasteiger partial charge in [-0.2, -0.15) is 0 Å². The zero-order valence-corrected chi connectivity index (χ0v) is 16.8. The number of phenolic OH excluding ortho intramolecular Hbond substituents is 1. The van der Waals surface area contributed by atoms with Crippen LogP contribution in [0.25, 0.3) is 0 Å². The number of carboxylic acid groups (broad SMARTS) is 1. The molecule has 0 saturated carbocycles. The Morgan fingerprint density at radius 3 is 2.41 bits per heavy atom. The molecule has 0 aliphatic carbocycles. The van der Waals surface area contributed by atoms with Gasteiger partial charge in [-0.1, -0.05) is 30.3 Å². The van der Waals surface area contributed by atoms with E-state index >= 15 is 0 Å². The van der Waals surface area contributed by atoms with Crippen LogP contribution >= 0.6 is 0 Å². The van der Waals surface area contributed by atoms with Crippen LogP contribution in [0, 0.1) is 0 Å². The fourth-order valence-corrected chi connectivity index (χ4v) is 4.19. The molecule has 0 spiro atoms. The first kappa shape index (κ1) is 19.9.